The SMILES string of the molecule is CCN(CC)CCN(CC(C)C)C(=O)c1cccc(N)c1.Cl.Cl. The van der Waals surface area contributed by atoms with Crippen molar-refractivity contribution in [2.75, 3.05) is 38.5 Å². The lowest BCUT2D eigenvalue weighted by Crippen LogP contribution is -2.40. The van der Waals surface area contributed by atoms with E-state index in [0.717, 1.165) is 32.7 Å². The lowest BCUT2D eigenvalue weighted by Gasteiger charge is -2.28. The Hall–Kier alpha value is -0.970. The number of nitrogens with two attached hydrogens (primary N) is 1. The van der Waals surface area contributed by atoms with Gasteiger partial charge in [-0.15, -0.1) is 24.8 Å². The van der Waals surface area contributed by atoms with Gasteiger partial charge in [0.05, 0.1) is 0 Å². The second-order valence-electron chi connectivity index (χ2n) is 5.80. The summed E-state index contributed by atoms with van der Waals surface area (Å²) in [6.07, 6.45) is 0. The predicted molar refractivity (Wildman–Crippen MR) is 104 cm³/mol. The molecule has 0 aromatic heterocycles. The van der Waals surface area contributed by atoms with Crippen molar-refractivity contribution in [3.63, 3.8) is 0 Å². The highest BCUT2D eigenvalue weighted by Gasteiger charge is 2.17. The summed E-state index contributed by atoms with van der Waals surface area (Å²) in [7, 11) is 0. The van der Waals surface area contributed by atoms with Crippen molar-refractivity contribution in [3.8, 4) is 0 Å². The first-order valence-corrected chi connectivity index (χ1v) is 7.85. The third-order valence-electron chi connectivity index (χ3n) is 3.59. The largest absolute Gasteiger partial charge is 0.399 e. The van der Waals surface area contributed by atoms with Crippen molar-refractivity contribution in [1.29, 1.82) is 0 Å². The number of nitrogen functional groups attached to an aromatic ring is 1. The van der Waals surface area contributed by atoms with Gasteiger partial charge >= 0.3 is 0 Å². The molecule has 0 aliphatic heterocycles. The van der Waals surface area contributed by atoms with Crippen molar-refractivity contribution >= 4 is 36.4 Å². The smallest absolute Gasteiger partial charge is 0.253 e. The van der Waals surface area contributed by atoms with Gasteiger partial charge in [0, 0.05) is 30.9 Å². The molecular weight excluding hydrogens is 333 g/mol. The third kappa shape index (κ3) is 8.45. The minimum absolute atomic E-state index is 0. The molecule has 6 heteroatoms. The van der Waals surface area contributed by atoms with Gasteiger partial charge < -0.3 is 15.5 Å². The minimum Gasteiger partial charge on any atom is -0.399 e. The van der Waals surface area contributed by atoms with E-state index in [9.17, 15) is 4.79 Å². The Labute approximate surface area is 153 Å². The Morgan fingerprint density at radius 3 is 2.22 bits per heavy atom. The summed E-state index contributed by atoms with van der Waals surface area (Å²) in [5.41, 5.74) is 7.09. The molecule has 0 fully saturated rings. The summed E-state index contributed by atoms with van der Waals surface area (Å²) in [5.74, 6) is 0.523. The molecule has 23 heavy (non-hydrogen) atoms. The fourth-order valence-corrected chi connectivity index (χ4v) is 2.37. The maximum Gasteiger partial charge on any atom is 0.253 e. The molecule has 0 saturated heterocycles. The molecule has 0 atom stereocenters. The highest BCUT2D eigenvalue weighted by Crippen LogP contribution is 2.11. The van der Waals surface area contributed by atoms with Gasteiger partial charge in [-0.05, 0) is 37.2 Å². The molecule has 0 heterocycles. The van der Waals surface area contributed by atoms with Crippen LogP contribution in [0.2, 0.25) is 0 Å². The van der Waals surface area contributed by atoms with Gasteiger partial charge in [0.1, 0.15) is 0 Å². The van der Waals surface area contributed by atoms with E-state index < -0.39 is 0 Å². The van der Waals surface area contributed by atoms with Gasteiger partial charge in [0.25, 0.3) is 5.91 Å². The lowest BCUT2D eigenvalue weighted by molar-refractivity contribution is 0.0716. The summed E-state index contributed by atoms with van der Waals surface area (Å²) in [4.78, 5) is 16.9. The molecule has 134 valence electrons. The van der Waals surface area contributed by atoms with Gasteiger partial charge in [-0.25, -0.2) is 0 Å². The minimum atomic E-state index is 0. The molecule has 1 aromatic rings. The van der Waals surface area contributed by atoms with Crippen LogP contribution in [0, 0.1) is 5.92 Å². The van der Waals surface area contributed by atoms with Crippen molar-refractivity contribution in [2.45, 2.75) is 27.7 Å². The van der Waals surface area contributed by atoms with E-state index in [2.05, 4.69) is 32.6 Å². The van der Waals surface area contributed by atoms with Gasteiger partial charge in [-0.1, -0.05) is 33.8 Å². The number of nitrogens with zero attached hydrogens (tertiary/aromatic N) is 2. The number of amides is 1. The van der Waals surface area contributed by atoms with Crippen LogP contribution in [-0.2, 0) is 0 Å². The lowest BCUT2D eigenvalue weighted by atomic mass is 10.1. The zero-order valence-electron chi connectivity index (χ0n) is 14.6. The fraction of sp³-hybridized carbons (Fsp3) is 0.588. The van der Waals surface area contributed by atoms with Gasteiger partial charge in [-0.2, -0.15) is 0 Å². The first kappa shape index (κ1) is 24.3. The second kappa shape index (κ2) is 12.5. The van der Waals surface area contributed by atoms with Crippen LogP contribution in [0.3, 0.4) is 0 Å². The molecule has 0 saturated carbocycles. The summed E-state index contributed by atoms with van der Waals surface area (Å²) in [6, 6.07) is 7.23. The molecule has 1 amide bonds. The van der Waals surface area contributed by atoms with Gasteiger partial charge in [-0.3, -0.25) is 4.79 Å². The van der Waals surface area contributed by atoms with Crippen molar-refractivity contribution < 1.29 is 4.79 Å². The number of anilines is 1. The topological polar surface area (TPSA) is 49.6 Å². The van der Waals surface area contributed by atoms with E-state index >= 15 is 0 Å². The fourth-order valence-electron chi connectivity index (χ4n) is 2.37. The molecule has 0 radical (unpaired) electrons. The quantitative estimate of drug-likeness (QED) is 0.718. The van der Waals surface area contributed by atoms with Crippen molar-refractivity contribution in [2.24, 2.45) is 5.92 Å². The van der Waals surface area contributed by atoms with Crippen LogP contribution in [0.4, 0.5) is 5.69 Å². The van der Waals surface area contributed by atoms with E-state index in [1.54, 1.807) is 12.1 Å². The average molecular weight is 364 g/mol. The molecular formula is C17H31Cl2N3O. The molecule has 0 spiro atoms. The van der Waals surface area contributed by atoms with Crippen LogP contribution in [0.25, 0.3) is 0 Å². The van der Waals surface area contributed by atoms with Gasteiger partial charge in [0.15, 0.2) is 0 Å². The molecule has 0 unspecified atom stereocenters. The Morgan fingerprint density at radius 1 is 1.13 bits per heavy atom. The number of hydrogen-bond donors (Lipinski definition) is 1. The zero-order chi connectivity index (χ0) is 15.8. The van der Waals surface area contributed by atoms with E-state index in [1.165, 1.54) is 0 Å². The standard InChI is InChI=1S/C17H29N3O.2ClH/c1-5-19(6-2)10-11-20(13-14(3)4)17(21)15-8-7-9-16(18)12-15;;/h7-9,12,14H,5-6,10-11,13,18H2,1-4H3;2*1H. The number of hydrogen-bond acceptors (Lipinski definition) is 3. The first-order valence-electron chi connectivity index (χ1n) is 7.85. The first-order chi connectivity index (χ1) is 9.97. The monoisotopic (exact) mass is 363 g/mol. The predicted octanol–water partition coefficient (Wildman–Crippen LogP) is 3.55. The van der Waals surface area contributed by atoms with E-state index in [4.69, 9.17) is 5.73 Å². The zero-order valence-corrected chi connectivity index (χ0v) is 16.3. The molecule has 1 aromatic carbocycles. The number of carbonyl (C=O) groups excluding carboxylic acids is 1. The van der Waals surface area contributed by atoms with Crippen LogP contribution >= 0.6 is 24.8 Å². The maximum atomic E-state index is 12.7. The van der Waals surface area contributed by atoms with E-state index in [-0.39, 0.29) is 30.7 Å². The molecule has 4 nitrogen and oxygen atoms in total. The van der Waals surface area contributed by atoms with E-state index in [0.29, 0.717) is 17.2 Å². The number of benzene rings is 1. The summed E-state index contributed by atoms with van der Waals surface area (Å²) >= 11 is 0. The van der Waals surface area contributed by atoms with Crippen LogP contribution in [0.1, 0.15) is 38.1 Å². The van der Waals surface area contributed by atoms with Crippen LogP contribution < -0.4 is 5.73 Å². The summed E-state index contributed by atoms with van der Waals surface area (Å²) < 4.78 is 0. The summed E-state index contributed by atoms with van der Waals surface area (Å²) in [6.45, 7) is 13.0. The average Bonchev–Trinajstić information content (AvgIpc) is 2.46. The number of likely N-dealkylation sites (N-methyl/N-ethyl adjacent to an activating group) is 1. The van der Waals surface area contributed by atoms with Crippen LogP contribution in [0.15, 0.2) is 24.3 Å². The normalized spacial score (nSPS) is 10.2. The number of halogens is 2. The molecule has 1 rings (SSSR count). The highest BCUT2D eigenvalue weighted by atomic mass is 35.5. The van der Waals surface area contributed by atoms with Gasteiger partial charge in [0.2, 0.25) is 0 Å². The molecule has 0 aliphatic rings. The number of carbonyl (C=O) groups is 1. The van der Waals surface area contributed by atoms with Crippen LogP contribution in [-0.4, -0.2) is 48.4 Å². The Kier molecular flexibility index (Phi) is 13.1. The number of rotatable bonds is 8. The Bertz CT molecular complexity index is 451. The Balaban J connectivity index is 0. The molecule has 2 N–H and O–H groups in total. The summed E-state index contributed by atoms with van der Waals surface area (Å²) in [5, 5.41) is 0. The molecule has 0 aliphatic carbocycles. The Morgan fingerprint density at radius 2 is 1.74 bits per heavy atom. The maximum absolute atomic E-state index is 12.7. The molecule has 0 bridgehead atoms. The van der Waals surface area contributed by atoms with Crippen molar-refractivity contribution in [3.05, 3.63) is 29.8 Å². The second-order valence-corrected chi connectivity index (χ2v) is 5.80. The third-order valence-corrected chi connectivity index (χ3v) is 3.59. The highest BCUT2D eigenvalue weighted by molar-refractivity contribution is 5.95. The van der Waals surface area contributed by atoms with E-state index in [1.807, 2.05) is 17.0 Å². The van der Waals surface area contributed by atoms with Crippen LogP contribution in [0.5, 0.6) is 0 Å². The van der Waals surface area contributed by atoms with Crippen molar-refractivity contribution in [1.82, 2.24) is 9.80 Å².